The van der Waals surface area contributed by atoms with Gasteiger partial charge in [-0.1, -0.05) is 31.4 Å². The van der Waals surface area contributed by atoms with Gasteiger partial charge in [-0.2, -0.15) is 0 Å². The highest BCUT2D eigenvalue weighted by molar-refractivity contribution is 5.64. The van der Waals surface area contributed by atoms with Crippen LogP contribution >= 0.6 is 0 Å². The quantitative estimate of drug-likeness (QED) is 0.473. The van der Waals surface area contributed by atoms with Gasteiger partial charge in [0, 0.05) is 63.5 Å². The molecule has 8 nitrogen and oxygen atoms in total. The molecular weight excluding hydrogens is 471 g/mol. The van der Waals surface area contributed by atoms with E-state index in [1.807, 2.05) is 24.3 Å². The smallest absolute Gasteiger partial charge is 0.163 e. The van der Waals surface area contributed by atoms with E-state index in [1.54, 1.807) is 7.05 Å². The number of hydrogen-bond acceptors (Lipinski definition) is 8. The molecule has 2 aromatic rings. The van der Waals surface area contributed by atoms with Gasteiger partial charge in [0.25, 0.3) is 0 Å². The number of aliphatic hydroxyl groups is 1. The van der Waals surface area contributed by atoms with E-state index >= 15 is 0 Å². The molecule has 4 rings (SSSR count). The van der Waals surface area contributed by atoms with Crippen molar-refractivity contribution in [3.05, 3.63) is 30.3 Å². The van der Waals surface area contributed by atoms with Gasteiger partial charge in [-0.25, -0.2) is 14.4 Å². The SMILES string of the molecule is CNCC(O)COc1cccc(-c2nc(N3CCN(CCF)[C@@H](C)C3)cc(N(C)C3CCCCC3)n2)c1. The first kappa shape index (κ1) is 27.5. The van der Waals surface area contributed by atoms with E-state index in [-0.39, 0.29) is 19.3 Å². The number of alkyl halides is 1. The molecule has 2 heterocycles. The summed E-state index contributed by atoms with van der Waals surface area (Å²) in [6.45, 7) is 5.42. The fourth-order valence-electron chi connectivity index (χ4n) is 5.41. The van der Waals surface area contributed by atoms with E-state index < -0.39 is 6.10 Å². The fraction of sp³-hybridized carbons (Fsp3) is 0.643. The molecule has 204 valence electrons. The molecule has 1 unspecified atom stereocenters. The molecular formula is C28H43FN6O2. The lowest BCUT2D eigenvalue weighted by Crippen LogP contribution is -2.52. The highest BCUT2D eigenvalue weighted by atomic mass is 19.1. The Bertz CT molecular complexity index is 989. The fourth-order valence-corrected chi connectivity index (χ4v) is 5.41. The lowest BCUT2D eigenvalue weighted by molar-refractivity contribution is 0.108. The predicted molar refractivity (Wildman–Crippen MR) is 147 cm³/mol. The molecule has 1 aromatic carbocycles. The number of rotatable bonds is 11. The van der Waals surface area contributed by atoms with E-state index in [4.69, 9.17) is 14.7 Å². The van der Waals surface area contributed by atoms with Crippen LogP contribution in [0.3, 0.4) is 0 Å². The van der Waals surface area contributed by atoms with Crippen LogP contribution in [-0.2, 0) is 0 Å². The van der Waals surface area contributed by atoms with Gasteiger partial charge in [-0.05, 0) is 38.9 Å². The Labute approximate surface area is 220 Å². The van der Waals surface area contributed by atoms with Crippen molar-refractivity contribution in [2.75, 3.05) is 69.9 Å². The Morgan fingerprint density at radius 3 is 2.73 bits per heavy atom. The monoisotopic (exact) mass is 514 g/mol. The lowest BCUT2D eigenvalue weighted by Gasteiger charge is -2.40. The van der Waals surface area contributed by atoms with Crippen LogP contribution in [0.25, 0.3) is 11.4 Å². The Hall–Kier alpha value is -2.49. The van der Waals surface area contributed by atoms with Crippen LogP contribution in [0.1, 0.15) is 39.0 Å². The number of halogens is 1. The average Bonchev–Trinajstić information content (AvgIpc) is 2.93. The molecule has 0 bridgehead atoms. The molecule has 0 radical (unpaired) electrons. The molecule has 1 saturated heterocycles. The number of nitrogens with zero attached hydrogens (tertiary/aromatic N) is 5. The summed E-state index contributed by atoms with van der Waals surface area (Å²) in [5.41, 5.74) is 0.880. The number of aliphatic hydroxyl groups excluding tert-OH is 1. The largest absolute Gasteiger partial charge is 0.491 e. The van der Waals surface area contributed by atoms with Gasteiger partial charge in [0.1, 0.15) is 36.8 Å². The van der Waals surface area contributed by atoms with Crippen LogP contribution in [0.5, 0.6) is 5.75 Å². The third kappa shape index (κ3) is 7.30. The van der Waals surface area contributed by atoms with Crippen molar-refractivity contribution in [2.24, 2.45) is 0 Å². The van der Waals surface area contributed by atoms with Crippen LogP contribution in [0.4, 0.5) is 16.0 Å². The molecule has 2 atom stereocenters. The number of nitrogens with one attached hydrogen (secondary N) is 1. The summed E-state index contributed by atoms with van der Waals surface area (Å²) in [6.07, 6.45) is 5.60. The second-order valence-electron chi connectivity index (χ2n) is 10.4. The highest BCUT2D eigenvalue weighted by Crippen LogP contribution is 2.31. The zero-order chi connectivity index (χ0) is 26.2. The van der Waals surface area contributed by atoms with Gasteiger partial charge < -0.3 is 25.0 Å². The van der Waals surface area contributed by atoms with Crippen molar-refractivity contribution in [1.82, 2.24) is 20.2 Å². The molecule has 1 saturated carbocycles. The third-order valence-corrected chi connectivity index (χ3v) is 7.62. The molecule has 1 aliphatic carbocycles. The average molecular weight is 515 g/mol. The van der Waals surface area contributed by atoms with Crippen molar-refractivity contribution in [2.45, 2.75) is 57.2 Å². The number of likely N-dealkylation sites (N-methyl/N-ethyl adjacent to an activating group) is 1. The van der Waals surface area contributed by atoms with E-state index in [1.165, 1.54) is 32.1 Å². The molecule has 9 heteroatoms. The van der Waals surface area contributed by atoms with Crippen molar-refractivity contribution in [3.8, 4) is 17.1 Å². The summed E-state index contributed by atoms with van der Waals surface area (Å²) in [4.78, 5) is 16.9. The van der Waals surface area contributed by atoms with Crippen molar-refractivity contribution >= 4 is 11.6 Å². The van der Waals surface area contributed by atoms with Crippen molar-refractivity contribution in [3.63, 3.8) is 0 Å². The first-order valence-electron chi connectivity index (χ1n) is 13.7. The van der Waals surface area contributed by atoms with Crippen LogP contribution in [0.15, 0.2) is 30.3 Å². The molecule has 37 heavy (non-hydrogen) atoms. The number of anilines is 2. The highest BCUT2D eigenvalue weighted by Gasteiger charge is 2.26. The number of aromatic nitrogens is 2. The minimum absolute atomic E-state index is 0.210. The van der Waals surface area contributed by atoms with Crippen molar-refractivity contribution < 1.29 is 14.2 Å². The summed E-state index contributed by atoms with van der Waals surface area (Å²) in [5, 5.41) is 13.0. The zero-order valence-electron chi connectivity index (χ0n) is 22.6. The Kier molecular flexibility index (Phi) is 9.94. The van der Waals surface area contributed by atoms with Crippen LogP contribution < -0.4 is 19.9 Å². The van der Waals surface area contributed by atoms with Crippen LogP contribution in [0, 0.1) is 0 Å². The molecule has 2 aliphatic rings. The molecule has 0 spiro atoms. The maximum Gasteiger partial charge on any atom is 0.163 e. The second kappa shape index (κ2) is 13.3. The van der Waals surface area contributed by atoms with E-state index in [2.05, 4.69) is 40.1 Å². The first-order chi connectivity index (χ1) is 18.0. The lowest BCUT2D eigenvalue weighted by atomic mass is 9.94. The van der Waals surface area contributed by atoms with Gasteiger partial charge in [0.2, 0.25) is 0 Å². The maximum absolute atomic E-state index is 13.0. The van der Waals surface area contributed by atoms with Crippen molar-refractivity contribution in [1.29, 1.82) is 0 Å². The van der Waals surface area contributed by atoms with Gasteiger partial charge in [-0.15, -0.1) is 0 Å². The standard InChI is InChI=1S/C28H43FN6O2/c1-21-19-35(15-14-34(21)13-12-29)27-17-26(33(3)23-9-5-4-6-10-23)31-28(32-27)22-8-7-11-25(16-22)37-20-24(36)18-30-2/h7-8,11,16-17,21,23-24,30,36H,4-6,9-10,12-15,18-20H2,1-3H3/t21-,24?/m0/s1. The topological polar surface area (TPSA) is 77.0 Å². The molecule has 1 aliphatic heterocycles. The van der Waals surface area contributed by atoms with Gasteiger partial charge in [0.05, 0.1) is 0 Å². The summed E-state index contributed by atoms with van der Waals surface area (Å²) < 4.78 is 18.8. The summed E-state index contributed by atoms with van der Waals surface area (Å²) in [5.74, 6) is 3.18. The van der Waals surface area contributed by atoms with E-state index in [9.17, 15) is 9.50 Å². The number of benzene rings is 1. The van der Waals surface area contributed by atoms with Gasteiger partial charge >= 0.3 is 0 Å². The molecule has 0 amide bonds. The molecule has 2 fully saturated rings. The summed E-state index contributed by atoms with van der Waals surface area (Å²) >= 11 is 0. The van der Waals surface area contributed by atoms with E-state index in [0.717, 1.165) is 36.8 Å². The third-order valence-electron chi connectivity index (χ3n) is 7.62. The Morgan fingerprint density at radius 2 is 2.00 bits per heavy atom. The van der Waals surface area contributed by atoms with Crippen LogP contribution in [-0.4, -0.2) is 98.3 Å². The van der Waals surface area contributed by atoms with Gasteiger partial charge in [0.15, 0.2) is 5.82 Å². The van der Waals surface area contributed by atoms with Gasteiger partial charge in [-0.3, -0.25) is 4.90 Å². The second-order valence-corrected chi connectivity index (χ2v) is 10.4. The normalized spacial score (nSPS) is 20.1. The van der Waals surface area contributed by atoms with E-state index in [0.29, 0.717) is 30.7 Å². The summed E-state index contributed by atoms with van der Waals surface area (Å²) in [7, 11) is 3.95. The molecule has 2 N–H and O–H groups in total. The molecule has 1 aromatic heterocycles. The first-order valence-corrected chi connectivity index (χ1v) is 13.7. The maximum atomic E-state index is 13.0. The number of ether oxygens (including phenoxy) is 1. The zero-order valence-corrected chi connectivity index (χ0v) is 22.6. The summed E-state index contributed by atoms with van der Waals surface area (Å²) in [6, 6.07) is 10.6. The van der Waals surface area contributed by atoms with Crippen LogP contribution in [0.2, 0.25) is 0 Å². The minimum Gasteiger partial charge on any atom is -0.491 e. The Morgan fingerprint density at radius 1 is 1.19 bits per heavy atom. The minimum atomic E-state index is -0.581. The number of piperazine rings is 1. The predicted octanol–water partition coefficient (Wildman–Crippen LogP) is 3.35. The number of hydrogen-bond donors (Lipinski definition) is 2. The Balaban J connectivity index is 1.62.